The molecule has 14 heavy (non-hydrogen) atoms. The largest absolute Gasteiger partial charge is 0.383 e. The SMILES string of the molecule is CCOCc1cccc(NC(C)C)c1. The third-order valence-corrected chi connectivity index (χ3v) is 1.86. The van der Waals surface area contributed by atoms with E-state index in [1.54, 1.807) is 0 Å². The van der Waals surface area contributed by atoms with Crippen molar-refractivity contribution in [1.29, 1.82) is 0 Å². The van der Waals surface area contributed by atoms with Crippen molar-refractivity contribution >= 4 is 5.69 Å². The maximum atomic E-state index is 5.35. The molecule has 0 aliphatic carbocycles. The van der Waals surface area contributed by atoms with Crippen molar-refractivity contribution in [3.63, 3.8) is 0 Å². The van der Waals surface area contributed by atoms with Gasteiger partial charge in [-0.15, -0.1) is 0 Å². The van der Waals surface area contributed by atoms with E-state index in [-0.39, 0.29) is 0 Å². The van der Waals surface area contributed by atoms with Crippen molar-refractivity contribution in [2.45, 2.75) is 33.4 Å². The summed E-state index contributed by atoms with van der Waals surface area (Å²) in [7, 11) is 0. The fourth-order valence-corrected chi connectivity index (χ4v) is 1.30. The fourth-order valence-electron chi connectivity index (χ4n) is 1.30. The zero-order valence-electron chi connectivity index (χ0n) is 9.21. The van der Waals surface area contributed by atoms with Gasteiger partial charge in [0.25, 0.3) is 0 Å². The van der Waals surface area contributed by atoms with Crippen LogP contribution in [0, 0.1) is 0 Å². The molecule has 0 aliphatic rings. The van der Waals surface area contributed by atoms with Gasteiger partial charge in [-0.05, 0) is 38.5 Å². The second kappa shape index (κ2) is 5.66. The molecule has 2 nitrogen and oxygen atoms in total. The van der Waals surface area contributed by atoms with Gasteiger partial charge < -0.3 is 10.1 Å². The summed E-state index contributed by atoms with van der Waals surface area (Å²) >= 11 is 0. The van der Waals surface area contributed by atoms with Crippen LogP contribution in [-0.4, -0.2) is 12.6 Å². The summed E-state index contributed by atoms with van der Waals surface area (Å²) in [6.07, 6.45) is 0. The van der Waals surface area contributed by atoms with Gasteiger partial charge in [0.15, 0.2) is 0 Å². The number of rotatable bonds is 5. The minimum absolute atomic E-state index is 0.470. The van der Waals surface area contributed by atoms with E-state index < -0.39 is 0 Å². The third-order valence-electron chi connectivity index (χ3n) is 1.86. The second-order valence-corrected chi connectivity index (χ2v) is 3.64. The molecule has 0 aliphatic heterocycles. The van der Waals surface area contributed by atoms with Gasteiger partial charge >= 0.3 is 0 Å². The maximum absolute atomic E-state index is 5.35. The third kappa shape index (κ3) is 3.79. The minimum atomic E-state index is 0.470. The predicted octanol–water partition coefficient (Wildman–Crippen LogP) is 3.04. The molecule has 0 heterocycles. The van der Waals surface area contributed by atoms with E-state index in [4.69, 9.17) is 4.74 Å². The second-order valence-electron chi connectivity index (χ2n) is 3.64. The molecule has 0 fully saturated rings. The van der Waals surface area contributed by atoms with Crippen LogP contribution in [0.4, 0.5) is 5.69 Å². The molecule has 1 rings (SSSR count). The summed E-state index contributed by atoms with van der Waals surface area (Å²) in [5, 5.41) is 3.37. The topological polar surface area (TPSA) is 21.3 Å². The van der Waals surface area contributed by atoms with Gasteiger partial charge in [0.05, 0.1) is 6.61 Å². The van der Waals surface area contributed by atoms with Crippen molar-refractivity contribution in [1.82, 2.24) is 0 Å². The highest BCUT2D eigenvalue weighted by Crippen LogP contribution is 2.12. The lowest BCUT2D eigenvalue weighted by Crippen LogP contribution is -2.09. The first-order valence-electron chi connectivity index (χ1n) is 5.15. The summed E-state index contributed by atoms with van der Waals surface area (Å²) in [6, 6.07) is 8.82. The van der Waals surface area contributed by atoms with E-state index in [1.807, 2.05) is 6.92 Å². The highest BCUT2D eigenvalue weighted by molar-refractivity contribution is 5.46. The molecule has 0 bridgehead atoms. The van der Waals surface area contributed by atoms with Gasteiger partial charge in [-0.3, -0.25) is 0 Å². The van der Waals surface area contributed by atoms with E-state index in [9.17, 15) is 0 Å². The van der Waals surface area contributed by atoms with Crippen LogP contribution in [-0.2, 0) is 11.3 Å². The average Bonchev–Trinajstić information content (AvgIpc) is 2.14. The minimum Gasteiger partial charge on any atom is -0.383 e. The van der Waals surface area contributed by atoms with E-state index in [1.165, 1.54) is 5.56 Å². The monoisotopic (exact) mass is 193 g/mol. The Hall–Kier alpha value is -1.02. The fraction of sp³-hybridized carbons (Fsp3) is 0.500. The van der Waals surface area contributed by atoms with Gasteiger partial charge in [0, 0.05) is 18.3 Å². The van der Waals surface area contributed by atoms with Crippen LogP contribution >= 0.6 is 0 Å². The zero-order chi connectivity index (χ0) is 10.4. The van der Waals surface area contributed by atoms with Gasteiger partial charge in [-0.25, -0.2) is 0 Å². The molecule has 1 N–H and O–H groups in total. The molecule has 0 saturated heterocycles. The number of anilines is 1. The maximum Gasteiger partial charge on any atom is 0.0717 e. The van der Waals surface area contributed by atoms with Gasteiger partial charge in [-0.2, -0.15) is 0 Å². The average molecular weight is 193 g/mol. The summed E-state index contributed by atoms with van der Waals surface area (Å²) < 4.78 is 5.35. The molecule has 0 amide bonds. The van der Waals surface area contributed by atoms with Gasteiger partial charge in [0.2, 0.25) is 0 Å². The van der Waals surface area contributed by atoms with Crippen LogP contribution in [0.5, 0.6) is 0 Å². The van der Waals surface area contributed by atoms with Crippen LogP contribution < -0.4 is 5.32 Å². The lowest BCUT2D eigenvalue weighted by Gasteiger charge is -2.11. The van der Waals surface area contributed by atoms with Crippen molar-refractivity contribution in [3.05, 3.63) is 29.8 Å². The van der Waals surface area contributed by atoms with Crippen LogP contribution in [0.2, 0.25) is 0 Å². The number of hydrogen-bond acceptors (Lipinski definition) is 2. The lowest BCUT2D eigenvalue weighted by molar-refractivity contribution is 0.134. The van der Waals surface area contributed by atoms with Crippen molar-refractivity contribution in [3.8, 4) is 0 Å². The van der Waals surface area contributed by atoms with Crippen LogP contribution in [0.25, 0.3) is 0 Å². The summed E-state index contributed by atoms with van der Waals surface area (Å²) in [5.41, 5.74) is 2.38. The quantitative estimate of drug-likeness (QED) is 0.776. The molecular formula is C12H19NO. The number of hydrogen-bond donors (Lipinski definition) is 1. The molecule has 0 aromatic heterocycles. The molecule has 0 spiro atoms. The Kier molecular flexibility index (Phi) is 4.47. The van der Waals surface area contributed by atoms with E-state index in [0.717, 1.165) is 12.3 Å². The predicted molar refractivity (Wildman–Crippen MR) is 60.5 cm³/mol. The molecule has 0 radical (unpaired) electrons. The molecule has 0 saturated carbocycles. The Balaban J connectivity index is 2.59. The van der Waals surface area contributed by atoms with E-state index >= 15 is 0 Å². The highest BCUT2D eigenvalue weighted by Gasteiger charge is 1.97. The number of benzene rings is 1. The number of nitrogens with one attached hydrogen (secondary N) is 1. The Morgan fingerprint density at radius 1 is 1.36 bits per heavy atom. The smallest absolute Gasteiger partial charge is 0.0717 e. The van der Waals surface area contributed by atoms with E-state index in [0.29, 0.717) is 12.6 Å². The lowest BCUT2D eigenvalue weighted by atomic mass is 10.2. The Morgan fingerprint density at radius 2 is 2.14 bits per heavy atom. The van der Waals surface area contributed by atoms with Crippen molar-refractivity contribution in [2.24, 2.45) is 0 Å². The van der Waals surface area contributed by atoms with Crippen LogP contribution in [0.1, 0.15) is 26.3 Å². The first-order chi connectivity index (χ1) is 6.72. The summed E-state index contributed by atoms with van der Waals surface area (Å²) in [4.78, 5) is 0. The Bertz CT molecular complexity index is 271. The van der Waals surface area contributed by atoms with E-state index in [2.05, 4.69) is 43.4 Å². The van der Waals surface area contributed by atoms with Gasteiger partial charge in [0.1, 0.15) is 0 Å². The number of ether oxygens (including phenoxy) is 1. The molecule has 2 heteroatoms. The Morgan fingerprint density at radius 3 is 2.79 bits per heavy atom. The molecule has 0 atom stereocenters. The molecule has 1 aromatic rings. The molecule has 1 aromatic carbocycles. The molecular weight excluding hydrogens is 174 g/mol. The van der Waals surface area contributed by atoms with Gasteiger partial charge in [-0.1, -0.05) is 12.1 Å². The Labute approximate surface area is 86.3 Å². The first kappa shape index (κ1) is 11.1. The van der Waals surface area contributed by atoms with Crippen molar-refractivity contribution in [2.75, 3.05) is 11.9 Å². The summed E-state index contributed by atoms with van der Waals surface area (Å²) in [6.45, 7) is 7.74. The molecule has 0 unspecified atom stereocenters. The summed E-state index contributed by atoms with van der Waals surface area (Å²) in [5.74, 6) is 0. The van der Waals surface area contributed by atoms with Crippen LogP contribution in [0.15, 0.2) is 24.3 Å². The first-order valence-corrected chi connectivity index (χ1v) is 5.15. The van der Waals surface area contributed by atoms with Crippen LogP contribution in [0.3, 0.4) is 0 Å². The highest BCUT2D eigenvalue weighted by atomic mass is 16.5. The van der Waals surface area contributed by atoms with Crippen molar-refractivity contribution < 1.29 is 4.74 Å². The zero-order valence-corrected chi connectivity index (χ0v) is 9.21. The normalized spacial score (nSPS) is 10.6. The standard InChI is InChI=1S/C12H19NO/c1-4-14-9-11-6-5-7-12(8-11)13-10(2)3/h5-8,10,13H,4,9H2,1-3H3. The molecule has 78 valence electrons.